The summed E-state index contributed by atoms with van der Waals surface area (Å²) in [5.41, 5.74) is 4.05. The van der Waals surface area contributed by atoms with Crippen molar-refractivity contribution < 1.29 is 4.74 Å². The first-order valence-electron chi connectivity index (χ1n) is 9.90. The summed E-state index contributed by atoms with van der Waals surface area (Å²) in [6.45, 7) is 7.76. The molecule has 146 valence electrons. The van der Waals surface area contributed by atoms with Crippen molar-refractivity contribution in [3.8, 4) is 0 Å². The quantitative estimate of drug-likeness (QED) is 0.776. The molecule has 1 aromatic heterocycles. The average molecular weight is 369 g/mol. The van der Waals surface area contributed by atoms with Crippen LogP contribution in [0.3, 0.4) is 0 Å². The summed E-state index contributed by atoms with van der Waals surface area (Å²) < 4.78 is 5.14. The summed E-state index contributed by atoms with van der Waals surface area (Å²) in [4.78, 5) is 9.33. The zero-order valence-electron chi connectivity index (χ0n) is 16.8. The van der Waals surface area contributed by atoms with Crippen molar-refractivity contribution in [2.75, 3.05) is 51.8 Å². The molecule has 0 aliphatic carbocycles. The first-order chi connectivity index (χ1) is 13.2. The Bertz CT molecular complexity index is 686. The molecule has 0 radical (unpaired) electrons. The van der Waals surface area contributed by atoms with E-state index in [2.05, 4.69) is 63.4 Å². The molecule has 0 spiro atoms. The lowest BCUT2D eigenvalue weighted by atomic mass is 10.0. The lowest BCUT2D eigenvalue weighted by molar-refractivity contribution is 0.153. The van der Waals surface area contributed by atoms with Crippen LogP contribution in [0, 0.1) is 0 Å². The van der Waals surface area contributed by atoms with E-state index in [1.54, 1.807) is 7.11 Å². The van der Waals surface area contributed by atoms with Gasteiger partial charge in [-0.2, -0.15) is 0 Å². The SMILES string of the molecule is CCc1ccc(C2CNCCN2Cc2ccc(N(C)CCOC)nc2)cc1. The molecule has 3 rings (SSSR count). The minimum atomic E-state index is 0.411. The number of hydrogen-bond acceptors (Lipinski definition) is 5. The first kappa shape index (κ1) is 19.8. The molecule has 1 aromatic carbocycles. The summed E-state index contributed by atoms with van der Waals surface area (Å²) in [7, 11) is 3.78. The third-order valence-electron chi connectivity index (χ3n) is 5.34. The van der Waals surface area contributed by atoms with Crippen molar-refractivity contribution in [3.63, 3.8) is 0 Å². The Morgan fingerprint density at radius 2 is 1.96 bits per heavy atom. The number of anilines is 1. The van der Waals surface area contributed by atoms with Crippen LogP contribution in [0.15, 0.2) is 42.6 Å². The Hall–Kier alpha value is -1.95. The van der Waals surface area contributed by atoms with Crippen molar-refractivity contribution in [2.45, 2.75) is 25.9 Å². The summed E-state index contributed by atoms with van der Waals surface area (Å²) in [6.07, 6.45) is 3.10. The molecule has 1 saturated heterocycles. The second-order valence-electron chi connectivity index (χ2n) is 7.22. The average Bonchev–Trinajstić information content (AvgIpc) is 2.73. The molecule has 0 saturated carbocycles. The molecule has 1 N–H and O–H groups in total. The molecular formula is C22H32N4O. The highest BCUT2D eigenvalue weighted by Crippen LogP contribution is 2.25. The van der Waals surface area contributed by atoms with Gasteiger partial charge in [-0.25, -0.2) is 4.98 Å². The fraction of sp³-hybridized carbons (Fsp3) is 0.500. The van der Waals surface area contributed by atoms with Gasteiger partial charge in [0.2, 0.25) is 0 Å². The normalized spacial score (nSPS) is 17.8. The maximum Gasteiger partial charge on any atom is 0.128 e. The fourth-order valence-corrected chi connectivity index (χ4v) is 3.55. The van der Waals surface area contributed by atoms with Crippen LogP contribution in [-0.4, -0.2) is 56.8 Å². The summed E-state index contributed by atoms with van der Waals surface area (Å²) >= 11 is 0. The highest BCUT2D eigenvalue weighted by molar-refractivity contribution is 5.38. The number of aromatic nitrogens is 1. The van der Waals surface area contributed by atoms with Gasteiger partial charge in [0.1, 0.15) is 5.82 Å². The molecule has 1 unspecified atom stereocenters. The number of rotatable bonds is 8. The molecule has 5 nitrogen and oxygen atoms in total. The van der Waals surface area contributed by atoms with Crippen LogP contribution >= 0.6 is 0 Å². The lowest BCUT2D eigenvalue weighted by Gasteiger charge is -2.36. The largest absolute Gasteiger partial charge is 0.383 e. The van der Waals surface area contributed by atoms with Gasteiger partial charge in [0.15, 0.2) is 0 Å². The summed E-state index contributed by atoms with van der Waals surface area (Å²) in [5.74, 6) is 0.989. The summed E-state index contributed by atoms with van der Waals surface area (Å²) in [6, 6.07) is 13.8. The van der Waals surface area contributed by atoms with Crippen LogP contribution in [-0.2, 0) is 17.7 Å². The van der Waals surface area contributed by atoms with Crippen molar-refractivity contribution in [1.82, 2.24) is 15.2 Å². The standard InChI is InChI=1S/C22H32N4O/c1-4-18-5-8-20(9-6-18)21-16-23-11-12-26(21)17-19-7-10-22(24-15-19)25(2)13-14-27-3/h5-10,15,21,23H,4,11-14,16-17H2,1-3H3. The van der Waals surface area contributed by atoms with Crippen molar-refractivity contribution in [1.29, 1.82) is 0 Å². The predicted octanol–water partition coefficient (Wildman–Crippen LogP) is 2.87. The first-order valence-corrected chi connectivity index (χ1v) is 9.90. The molecule has 5 heteroatoms. The van der Waals surface area contributed by atoms with Crippen LogP contribution in [0.4, 0.5) is 5.82 Å². The van der Waals surface area contributed by atoms with Gasteiger partial charge in [-0.1, -0.05) is 37.3 Å². The van der Waals surface area contributed by atoms with E-state index in [0.717, 1.165) is 45.0 Å². The molecule has 2 aromatic rings. The number of nitrogens with zero attached hydrogens (tertiary/aromatic N) is 3. The van der Waals surface area contributed by atoms with Gasteiger partial charge in [-0.05, 0) is 29.2 Å². The van der Waals surface area contributed by atoms with Crippen LogP contribution in [0.1, 0.15) is 29.7 Å². The van der Waals surface area contributed by atoms with Gasteiger partial charge >= 0.3 is 0 Å². The Kier molecular flexibility index (Phi) is 7.21. The Morgan fingerprint density at radius 1 is 1.19 bits per heavy atom. The molecule has 1 atom stereocenters. The molecule has 27 heavy (non-hydrogen) atoms. The topological polar surface area (TPSA) is 40.6 Å². The van der Waals surface area contributed by atoms with Crippen LogP contribution in [0.5, 0.6) is 0 Å². The van der Waals surface area contributed by atoms with Gasteiger partial charge in [0.05, 0.1) is 6.61 Å². The second-order valence-corrected chi connectivity index (χ2v) is 7.22. The number of benzene rings is 1. The van der Waals surface area contributed by atoms with E-state index in [4.69, 9.17) is 4.74 Å². The molecule has 0 amide bonds. The van der Waals surface area contributed by atoms with E-state index < -0.39 is 0 Å². The lowest BCUT2D eigenvalue weighted by Crippen LogP contribution is -2.45. The molecule has 0 bridgehead atoms. The van der Waals surface area contributed by atoms with Gasteiger partial charge in [0, 0.05) is 59.1 Å². The van der Waals surface area contributed by atoms with E-state index in [1.807, 2.05) is 13.2 Å². The maximum atomic E-state index is 5.14. The van der Waals surface area contributed by atoms with Crippen molar-refractivity contribution >= 4 is 5.82 Å². The van der Waals surface area contributed by atoms with Crippen molar-refractivity contribution in [3.05, 3.63) is 59.3 Å². The highest BCUT2D eigenvalue weighted by Gasteiger charge is 2.23. The van der Waals surface area contributed by atoms with Gasteiger partial charge in [-0.3, -0.25) is 4.90 Å². The predicted molar refractivity (Wildman–Crippen MR) is 111 cm³/mol. The number of hydrogen-bond donors (Lipinski definition) is 1. The zero-order valence-corrected chi connectivity index (χ0v) is 16.8. The highest BCUT2D eigenvalue weighted by atomic mass is 16.5. The second kappa shape index (κ2) is 9.83. The van der Waals surface area contributed by atoms with E-state index in [-0.39, 0.29) is 0 Å². The van der Waals surface area contributed by atoms with Crippen LogP contribution < -0.4 is 10.2 Å². The fourth-order valence-electron chi connectivity index (χ4n) is 3.55. The van der Waals surface area contributed by atoms with E-state index >= 15 is 0 Å². The Labute approximate surface area is 163 Å². The number of methoxy groups -OCH3 is 1. The van der Waals surface area contributed by atoms with E-state index in [1.165, 1.54) is 16.7 Å². The van der Waals surface area contributed by atoms with Crippen molar-refractivity contribution in [2.24, 2.45) is 0 Å². The number of likely N-dealkylation sites (N-methyl/N-ethyl adjacent to an activating group) is 1. The molecule has 1 aliphatic heterocycles. The Morgan fingerprint density at radius 3 is 2.63 bits per heavy atom. The molecule has 1 fully saturated rings. The number of nitrogens with one attached hydrogen (secondary N) is 1. The number of piperazine rings is 1. The van der Waals surface area contributed by atoms with Gasteiger partial charge in [0.25, 0.3) is 0 Å². The minimum absolute atomic E-state index is 0.411. The van der Waals surface area contributed by atoms with Gasteiger partial charge in [-0.15, -0.1) is 0 Å². The molecule has 2 heterocycles. The third kappa shape index (κ3) is 5.28. The zero-order chi connectivity index (χ0) is 19.1. The van der Waals surface area contributed by atoms with Crippen LogP contribution in [0.25, 0.3) is 0 Å². The molecular weight excluding hydrogens is 336 g/mol. The van der Waals surface area contributed by atoms with E-state index in [0.29, 0.717) is 12.6 Å². The van der Waals surface area contributed by atoms with E-state index in [9.17, 15) is 0 Å². The summed E-state index contributed by atoms with van der Waals surface area (Å²) in [5, 5.41) is 3.55. The smallest absolute Gasteiger partial charge is 0.128 e. The minimum Gasteiger partial charge on any atom is -0.383 e. The monoisotopic (exact) mass is 368 g/mol. The number of aryl methyl sites for hydroxylation is 1. The maximum absolute atomic E-state index is 5.14. The molecule has 1 aliphatic rings. The number of ether oxygens (including phenoxy) is 1. The Balaban J connectivity index is 1.66. The third-order valence-corrected chi connectivity index (χ3v) is 5.34. The van der Waals surface area contributed by atoms with Gasteiger partial charge < -0.3 is 15.0 Å². The van der Waals surface area contributed by atoms with Crippen LogP contribution in [0.2, 0.25) is 0 Å². The number of pyridine rings is 1.